The summed E-state index contributed by atoms with van der Waals surface area (Å²) in [7, 11) is 1.75. The molecule has 0 fully saturated rings. The Bertz CT molecular complexity index is 608. The molecule has 0 aliphatic carbocycles. The second kappa shape index (κ2) is 10.1. The predicted octanol–water partition coefficient (Wildman–Crippen LogP) is 4.32. The molecule has 0 spiro atoms. The minimum atomic E-state index is 0.942. The van der Waals surface area contributed by atoms with Gasteiger partial charge in [-0.05, 0) is 18.4 Å². The van der Waals surface area contributed by atoms with Crippen LogP contribution >= 0.6 is 0 Å². The van der Waals surface area contributed by atoms with Crippen molar-refractivity contribution in [2.75, 3.05) is 7.11 Å². The van der Waals surface area contributed by atoms with Gasteiger partial charge < -0.3 is 4.74 Å². The number of pyridine rings is 2. The normalized spacial score (nSPS) is 10.8. The van der Waals surface area contributed by atoms with Crippen LogP contribution in [0.15, 0.2) is 43.0 Å². The molecule has 0 aliphatic heterocycles. The molecule has 2 rings (SSSR count). The maximum absolute atomic E-state index is 5.63. The van der Waals surface area contributed by atoms with E-state index in [1.165, 1.54) is 44.1 Å². The Kier molecular flexibility index (Phi) is 7.73. The highest BCUT2D eigenvalue weighted by Crippen LogP contribution is 2.27. The van der Waals surface area contributed by atoms with Gasteiger partial charge in [-0.3, -0.25) is 0 Å². The largest absolute Gasteiger partial charge is 0.490 e. The predicted molar refractivity (Wildman–Crippen MR) is 97.9 cm³/mol. The highest BCUT2D eigenvalue weighted by atomic mass is 16.5. The average Bonchev–Trinajstić information content (AvgIpc) is 2.63. The van der Waals surface area contributed by atoms with Gasteiger partial charge >= 0.3 is 0 Å². The van der Waals surface area contributed by atoms with Crippen molar-refractivity contribution < 1.29 is 13.9 Å². The van der Waals surface area contributed by atoms with E-state index in [1.807, 2.05) is 0 Å². The van der Waals surface area contributed by atoms with Gasteiger partial charge in [0.25, 0.3) is 0 Å². The van der Waals surface area contributed by atoms with E-state index < -0.39 is 0 Å². The van der Waals surface area contributed by atoms with Crippen LogP contribution in [0.3, 0.4) is 0 Å². The van der Waals surface area contributed by atoms with Crippen LogP contribution in [-0.4, -0.2) is 7.11 Å². The van der Waals surface area contributed by atoms with Gasteiger partial charge in [0.2, 0.25) is 6.20 Å². The van der Waals surface area contributed by atoms with E-state index in [1.54, 1.807) is 7.11 Å². The van der Waals surface area contributed by atoms with Crippen molar-refractivity contribution in [3.05, 3.63) is 43.0 Å². The van der Waals surface area contributed by atoms with Crippen molar-refractivity contribution in [2.24, 2.45) is 0 Å². The second-order valence-electron chi connectivity index (χ2n) is 6.40. The summed E-state index contributed by atoms with van der Waals surface area (Å²) in [4.78, 5) is 0. The van der Waals surface area contributed by atoms with Gasteiger partial charge in [-0.1, -0.05) is 26.7 Å². The number of methoxy groups -OCH3 is 1. The first-order chi connectivity index (χ1) is 11.8. The number of aromatic nitrogens is 2. The van der Waals surface area contributed by atoms with E-state index in [4.69, 9.17) is 4.74 Å². The molecule has 3 heteroatoms. The lowest BCUT2D eigenvalue weighted by molar-refractivity contribution is -0.697. The molecule has 2 aromatic rings. The molecule has 0 amide bonds. The lowest BCUT2D eigenvalue weighted by atomic mass is 10.1. The highest BCUT2D eigenvalue weighted by Gasteiger charge is 2.13. The number of unbranched alkanes of at least 4 members (excludes halogenated alkanes) is 4. The Labute approximate surface area is 146 Å². The van der Waals surface area contributed by atoms with Gasteiger partial charge in [-0.15, -0.1) is 0 Å². The molecule has 24 heavy (non-hydrogen) atoms. The van der Waals surface area contributed by atoms with Crippen molar-refractivity contribution in [2.45, 2.75) is 65.5 Å². The van der Waals surface area contributed by atoms with Gasteiger partial charge in [0.15, 0.2) is 24.3 Å². The van der Waals surface area contributed by atoms with Crippen LogP contribution in [-0.2, 0) is 13.1 Å². The second-order valence-corrected chi connectivity index (χ2v) is 6.40. The van der Waals surface area contributed by atoms with Crippen molar-refractivity contribution in [3.8, 4) is 16.9 Å². The fourth-order valence-corrected chi connectivity index (χ4v) is 2.93. The number of rotatable bonds is 10. The molecule has 0 aliphatic rings. The van der Waals surface area contributed by atoms with Crippen LogP contribution in [0.5, 0.6) is 5.75 Å². The summed E-state index contributed by atoms with van der Waals surface area (Å²) in [5.41, 5.74) is 2.37. The molecule has 2 aromatic heterocycles. The molecule has 0 saturated heterocycles. The third kappa shape index (κ3) is 5.33. The Morgan fingerprint density at radius 1 is 0.792 bits per heavy atom. The number of nitrogens with zero attached hydrogens (tertiary/aromatic N) is 2. The van der Waals surface area contributed by atoms with Crippen molar-refractivity contribution in [1.29, 1.82) is 0 Å². The quantitative estimate of drug-likeness (QED) is 0.469. The first-order valence-electron chi connectivity index (χ1n) is 9.35. The molecule has 0 radical (unpaired) electrons. The van der Waals surface area contributed by atoms with Crippen molar-refractivity contribution in [3.63, 3.8) is 0 Å². The molecule has 130 valence electrons. The zero-order chi connectivity index (χ0) is 17.2. The molecule has 0 saturated carbocycles. The average molecular weight is 328 g/mol. The summed E-state index contributed by atoms with van der Waals surface area (Å²) in [6.07, 6.45) is 16.2. The van der Waals surface area contributed by atoms with Gasteiger partial charge in [-0.2, -0.15) is 0 Å². The lowest BCUT2D eigenvalue weighted by Crippen LogP contribution is -2.33. The minimum Gasteiger partial charge on any atom is -0.490 e. The molecule has 0 aromatic carbocycles. The van der Waals surface area contributed by atoms with Crippen LogP contribution < -0.4 is 13.9 Å². The summed E-state index contributed by atoms with van der Waals surface area (Å²) < 4.78 is 10.1. The van der Waals surface area contributed by atoms with E-state index in [0.29, 0.717) is 0 Å². The highest BCUT2D eigenvalue weighted by molar-refractivity contribution is 5.68. The van der Waals surface area contributed by atoms with Crippen molar-refractivity contribution >= 4 is 0 Å². The molecule has 0 unspecified atom stereocenters. The number of hydrogen-bond acceptors (Lipinski definition) is 1. The fourth-order valence-electron chi connectivity index (χ4n) is 2.93. The van der Waals surface area contributed by atoms with E-state index in [9.17, 15) is 0 Å². The van der Waals surface area contributed by atoms with Crippen LogP contribution in [0.4, 0.5) is 0 Å². The van der Waals surface area contributed by atoms with E-state index in [0.717, 1.165) is 24.4 Å². The van der Waals surface area contributed by atoms with E-state index >= 15 is 0 Å². The first kappa shape index (κ1) is 18.4. The third-order valence-corrected chi connectivity index (χ3v) is 4.44. The number of hydrogen-bond donors (Lipinski definition) is 0. The van der Waals surface area contributed by atoms with Crippen molar-refractivity contribution in [1.82, 2.24) is 0 Å². The summed E-state index contributed by atoms with van der Waals surface area (Å²) in [6.45, 7) is 6.62. The molecular weight excluding hydrogens is 296 g/mol. The maximum Gasteiger partial charge on any atom is 0.211 e. The number of ether oxygens (including phenoxy) is 1. The first-order valence-corrected chi connectivity index (χ1v) is 9.35. The van der Waals surface area contributed by atoms with E-state index in [-0.39, 0.29) is 0 Å². The third-order valence-electron chi connectivity index (χ3n) is 4.44. The van der Waals surface area contributed by atoms with Crippen LogP contribution in [0.1, 0.15) is 52.4 Å². The van der Waals surface area contributed by atoms with Crippen LogP contribution in [0.25, 0.3) is 11.1 Å². The Morgan fingerprint density at radius 2 is 1.38 bits per heavy atom. The smallest absolute Gasteiger partial charge is 0.211 e. The van der Waals surface area contributed by atoms with Crippen LogP contribution in [0.2, 0.25) is 0 Å². The monoisotopic (exact) mass is 328 g/mol. The standard InChI is InChI=1S/C21H32N2O/c1-4-6-8-13-22-15-10-19(11-16-22)20-12-17-23(14-9-7-5-2)18-21(20)24-3/h10-12,15-18H,4-9,13-14H2,1-3H3/q+2. The Hall–Kier alpha value is -1.90. The molecule has 0 bridgehead atoms. The van der Waals surface area contributed by atoms with E-state index in [2.05, 4.69) is 66.0 Å². The molecule has 3 nitrogen and oxygen atoms in total. The Balaban J connectivity index is 2.09. The zero-order valence-electron chi connectivity index (χ0n) is 15.5. The van der Waals surface area contributed by atoms with Crippen LogP contribution in [0, 0.1) is 0 Å². The molecule has 0 atom stereocenters. The SMILES string of the molecule is CCCCC[n+]1ccc(-c2cc[n+](CCCCC)cc2OC)cc1. The Morgan fingerprint density at radius 3 is 1.96 bits per heavy atom. The van der Waals surface area contributed by atoms with Gasteiger partial charge in [-0.25, -0.2) is 9.13 Å². The molecule has 0 N–H and O–H groups in total. The molecule has 2 heterocycles. The zero-order valence-corrected chi connectivity index (χ0v) is 15.5. The topological polar surface area (TPSA) is 17.0 Å². The number of aryl methyl sites for hydroxylation is 2. The fraction of sp³-hybridized carbons (Fsp3) is 0.524. The van der Waals surface area contributed by atoms with Gasteiger partial charge in [0.05, 0.1) is 7.11 Å². The summed E-state index contributed by atoms with van der Waals surface area (Å²) >= 11 is 0. The lowest BCUT2D eigenvalue weighted by Gasteiger charge is -2.07. The summed E-state index contributed by atoms with van der Waals surface area (Å²) in [5.74, 6) is 0.942. The minimum absolute atomic E-state index is 0.942. The van der Waals surface area contributed by atoms with Gasteiger partial charge in [0.1, 0.15) is 13.1 Å². The molecular formula is C21H32N2O+2. The maximum atomic E-state index is 5.63. The summed E-state index contributed by atoms with van der Waals surface area (Å²) in [5, 5.41) is 0. The summed E-state index contributed by atoms with van der Waals surface area (Å²) in [6, 6.07) is 6.54. The van der Waals surface area contributed by atoms with Gasteiger partial charge in [0, 0.05) is 36.6 Å².